The van der Waals surface area contributed by atoms with Crippen LogP contribution in [-0.4, -0.2) is 23.5 Å². The molecule has 20 heavy (non-hydrogen) atoms. The van der Waals surface area contributed by atoms with Crippen LogP contribution >= 0.6 is 0 Å². The molecule has 0 aliphatic heterocycles. The summed E-state index contributed by atoms with van der Waals surface area (Å²) in [6.07, 6.45) is 7.96. The number of sulfonamides is 1. The maximum absolute atomic E-state index is 12.4. The third-order valence-electron chi connectivity index (χ3n) is 3.75. The van der Waals surface area contributed by atoms with Gasteiger partial charge < -0.3 is 4.57 Å². The Kier molecular flexibility index (Phi) is 4.45. The zero-order valence-corrected chi connectivity index (χ0v) is 12.5. The van der Waals surface area contributed by atoms with Gasteiger partial charge in [0.15, 0.2) is 5.03 Å². The van der Waals surface area contributed by atoms with Crippen molar-refractivity contribution in [2.24, 2.45) is 0 Å². The molecule has 1 aliphatic rings. The molecule has 1 N–H and O–H groups in total. The molecule has 0 saturated heterocycles. The summed E-state index contributed by atoms with van der Waals surface area (Å²) in [7, 11) is -3.74. The van der Waals surface area contributed by atoms with Gasteiger partial charge in [0, 0.05) is 12.7 Å². The Morgan fingerprint density at radius 3 is 2.55 bits per heavy atom. The Hall–Kier alpha value is -1.39. The van der Waals surface area contributed by atoms with Crippen LogP contribution in [0.25, 0.3) is 0 Å². The van der Waals surface area contributed by atoms with E-state index in [9.17, 15) is 13.7 Å². The molecule has 0 unspecified atom stereocenters. The number of nitrogens with one attached hydrogen (secondary N) is 1. The Bertz CT molecular complexity index is 592. The number of rotatable bonds is 4. The Morgan fingerprint density at radius 1 is 1.40 bits per heavy atom. The zero-order chi connectivity index (χ0) is 14.6. The van der Waals surface area contributed by atoms with Crippen LogP contribution in [0.2, 0.25) is 0 Å². The fraction of sp³-hybridized carbons (Fsp3) is 0.692. The van der Waals surface area contributed by atoms with Gasteiger partial charge in [0.1, 0.15) is 5.54 Å². The molecule has 0 aromatic carbocycles. The molecule has 0 amide bonds. The monoisotopic (exact) mass is 296 g/mol. The van der Waals surface area contributed by atoms with Gasteiger partial charge in [-0.2, -0.15) is 9.98 Å². The van der Waals surface area contributed by atoms with E-state index in [0.29, 0.717) is 19.4 Å². The first kappa shape index (κ1) is 15.0. The van der Waals surface area contributed by atoms with Crippen LogP contribution < -0.4 is 4.72 Å². The van der Waals surface area contributed by atoms with Crippen LogP contribution in [-0.2, 0) is 16.6 Å². The highest BCUT2D eigenvalue weighted by atomic mass is 32.2. The normalized spacial score (nSPS) is 19.2. The van der Waals surface area contributed by atoms with Crippen LogP contribution in [0.5, 0.6) is 0 Å². The molecule has 1 fully saturated rings. The summed E-state index contributed by atoms with van der Waals surface area (Å²) < 4.78 is 29.0. The van der Waals surface area contributed by atoms with E-state index in [4.69, 9.17) is 0 Å². The molecule has 0 spiro atoms. The minimum absolute atomic E-state index is 0.0155. The second-order valence-electron chi connectivity index (χ2n) is 5.26. The summed E-state index contributed by atoms with van der Waals surface area (Å²) >= 11 is 0. The third kappa shape index (κ3) is 3.19. The summed E-state index contributed by atoms with van der Waals surface area (Å²) in [6, 6.07) is 2.18. The number of aromatic nitrogens is 2. The van der Waals surface area contributed by atoms with Gasteiger partial charge in [-0.3, -0.25) is 0 Å². The standard InChI is InChI=1S/C13H20N4O2S/c1-2-17-9-12(15-11-17)20(18,19)16-13(10-14)7-5-3-4-6-8-13/h9,11,16H,2-8H2,1H3. The van der Waals surface area contributed by atoms with Crippen LogP contribution in [0.3, 0.4) is 0 Å². The minimum atomic E-state index is -3.74. The summed E-state index contributed by atoms with van der Waals surface area (Å²) in [5.74, 6) is 0. The van der Waals surface area contributed by atoms with Crippen molar-refractivity contribution in [3.63, 3.8) is 0 Å². The molecule has 0 radical (unpaired) electrons. The van der Waals surface area contributed by atoms with E-state index in [1.807, 2.05) is 6.92 Å². The fourth-order valence-electron chi connectivity index (χ4n) is 2.53. The lowest BCUT2D eigenvalue weighted by molar-refractivity contribution is 0.421. The van der Waals surface area contributed by atoms with Crippen molar-refractivity contribution in [1.29, 1.82) is 5.26 Å². The highest BCUT2D eigenvalue weighted by Gasteiger charge is 2.36. The van der Waals surface area contributed by atoms with E-state index in [1.165, 1.54) is 12.5 Å². The van der Waals surface area contributed by atoms with Gasteiger partial charge in [-0.15, -0.1) is 0 Å². The molecule has 6 nitrogen and oxygen atoms in total. The van der Waals surface area contributed by atoms with Gasteiger partial charge in [-0.1, -0.05) is 25.7 Å². The van der Waals surface area contributed by atoms with Crippen molar-refractivity contribution in [1.82, 2.24) is 14.3 Å². The van der Waals surface area contributed by atoms with Crippen LogP contribution in [0, 0.1) is 11.3 Å². The highest BCUT2D eigenvalue weighted by Crippen LogP contribution is 2.28. The van der Waals surface area contributed by atoms with Crippen molar-refractivity contribution in [2.75, 3.05) is 0 Å². The summed E-state index contributed by atoms with van der Waals surface area (Å²) in [4.78, 5) is 3.92. The summed E-state index contributed by atoms with van der Waals surface area (Å²) in [5.41, 5.74) is -0.981. The molecule has 1 saturated carbocycles. The van der Waals surface area contributed by atoms with Crippen molar-refractivity contribution < 1.29 is 8.42 Å². The molecule has 1 heterocycles. The summed E-state index contributed by atoms with van der Waals surface area (Å²) in [5, 5.41) is 9.41. The lowest BCUT2D eigenvalue weighted by Crippen LogP contribution is -2.46. The Balaban J connectivity index is 2.23. The molecule has 0 bridgehead atoms. The topological polar surface area (TPSA) is 87.8 Å². The molecule has 110 valence electrons. The first-order valence-corrected chi connectivity index (χ1v) is 8.47. The van der Waals surface area contributed by atoms with E-state index < -0.39 is 15.6 Å². The molecule has 2 rings (SSSR count). The average molecular weight is 296 g/mol. The molecule has 1 aliphatic carbocycles. The van der Waals surface area contributed by atoms with Gasteiger partial charge in [-0.05, 0) is 19.8 Å². The lowest BCUT2D eigenvalue weighted by atomic mass is 9.94. The highest BCUT2D eigenvalue weighted by molar-refractivity contribution is 7.89. The molecule has 7 heteroatoms. The fourth-order valence-corrected chi connectivity index (χ4v) is 3.86. The van der Waals surface area contributed by atoms with E-state index in [1.54, 1.807) is 4.57 Å². The number of hydrogen-bond acceptors (Lipinski definition) is 4. The van der Waals surface area contributed by atoms with E-state index in [0.717, 1.165) is 25.7 Å². The van der Waals surface area contributed by atoms with Gasteiger partial charge in [0.2, 0.25) is 0 Å². The second-order valence-corrected chi connectivity index (χ2v) is 6.89. The minimum Gasteiger partial charge on any atom is -0.336 e. The predicted molar refractivity (Wildman–Crippen MR) is 74.3 cm³/mol. The predicted octanol–water partition coefficient (Wildman–Crippen LogP) is 1.80. The number of imidazole rings is 1. The lowest BCUT2D eigenvalue weighted by Gasteiger charge is -2.25. The maximum Gasteiger partial charge on any atom is 0.260 e. The van der Waals surface area contributed by atoms with Crippen molar-refractivity contribution in [3.05, 3.63) is 12.5 Å². The van der Waals surface area contributed by atoms with Crippen molar-refractivity contribution in [3.8, 4) is 6.07 Å². The quantitative estimate of drug-likeness (QED) is 0.858. The van der Waals surface area contributed by atoms with Crippen LogP contribution in [0.1, 0.15) is 45.4 Å². The Labute approximate surface area is 119 Å². The number of nitrogens with zero attached hydrogens (tertiary/aromatic N) is 3. The second kappa shape index (κ2) is 5.94. The van der Waals surface area contributed by atoms with Gasteiger partial charge in [0.05, 0.1) is 12.4 Å². The molecule has 1 aromatic heterocycles. The van der Waals surface area contributed by atoms with Crippen molar-refractivity contribution in [2.45, 2.75) is 62.6 Å². The SMILES string of the molecule is CCn1cnc(S(=O)(=O)NC2(C#N)CCCCCC2)c1. The summed E-state index contributed by atoms with van der Waals surface area (Å²) in [6.45, 7) is 2.57. The largest absolute Gasteiger partial charge is 0.336 e. The van der Waals surface area contributed by atoms with Crippen LogP contribution in [0.4, 0.5) is 0 Å². The van der Waals surface area contributed by atoms with Gasteiger partial charge in [-0.25, -0.2) is 13.4 Å². The zero-order valence-electron chi connectivity index (χ0n) is 11.7. The van der Waals surface area contributed by atoms with Crippen LogP contribution in [0.15, 0.2) is 17.6 Å². The third-order valence-corrected chi connectivity index (χ3v) is 5.17. The molecule has 1 aromatic rings. The number of nitriles is 1. The molecule has 0 atom stereocenters. The van der Waals surface area contributed by atoms with E-state index >= 15 is 0 Å². The van der Waals surface area contributed by atoms with E-state index in [2.05, 4.69) is 15.8 Å². The smallest absolute Gasteiger partial charge is 0.260 e. The first-order chi connectivity index (χ1) is 9.51. The number of hydrogen-bond donors (Lipinski definition) is 1. The number of aryl methyl sites for hydroxylation is 1. The molecular weight excluding hydrogens is 276 g/mol. The average Bonchev–Trinajstić information content (AvgIpc) is 2.81. The van der Waals surface area contributed by atoms with Gasteiger partial charge in [0.25, 0.3) is 10.0 Å². The van der Waals surface area contributed by atoms with E-state index in [-0.39, 0.29) is 5.03 Å². The Morgan fingerprint density at radius 2 is 2.05 bits per heavy atom. The van der Waals surface area contributed by atoms with Crippen molar-refractivity contribution >= 4 is 10.0 Å². The maximum atomic E-state index is 12.4. The molecular formula is C13H20N4O2S. The first-order valence-electron chi connectivity index (χ1n) is 6.98. The van der Waals surface area contributed by atoms with Gasteiger partial charge >= 0.3 is 0 Å².